The van der Waals surface area contributed by atoms with Gasteiger partial charge in [0.25, 0.3) is 0 Å². The molecule has 0 aromatic heterocycles. The molecule has 1 aliphatic heterocycles. The van der Waals surface area contributed by atoms with Gasteiger partial charge in [0.2, 0.25) is 5.30 Å². The molecule has 0 bridgehead atoms. The number of thioether (sulfide) groups is 1. The molecule has 1 aliphatic rings. The summed E-state index contributed by atoms with van der Waals surface area (Å²) in [5.41, 5.74) is 0. The molecular weight excluding hydrogens is 139 g/mol. The van der Waals surface area contributed by atoms with Crippen LogP contribution >= 0.6 is 11.8 Å². The van der Waals surface area contributed by atoms with Gasteiger partial charge in [-0.15, -0.1) is 0 Å². The van der Waals surface area contributed by atoms with Gasteiger partial charge in [-0.2, -0.15) is 13.2 Å². The highest BCUT2D eigenvalue weighted by atomic mass is 32.2. The van der Waals surface area contributed by atoms with Crippen molar-refractivity contribution in [2.45, 2.75) is 5.25 Å². The highest BCUT2D eigenvalue weighted by Crippen LogP contribution is 2.35. The average Bonchev–Trinajstić information content (AvgIpc) is 1.82. The second-order valence-corrected chi connectivity index (χ2v) is 2.45. The Balaban J connectivity index is 2.55. The first-order chi connectivity index (χ1) is 3.60. The number of rotatable bonds is 0. The second kappa shape index (κ2) is 1.65. The van der Waals surface area contributed by atoms with Crippen molar-refractivity contribution in [1.82, 2.24) is 0 Å². The van der Waals surface area contributed by atoms with E-state index < -0.39 is 17.1 Å². The Morgan fingerprint density at radius 1 is 1.62 bits per heavy atom. The lowest BCUT2D eigenvalue weighted by Gasteiger charge is -2.00. The van der Waals surface area contributed by atoms with Crippen molar-refractivity contribution in [3.05, 3.63) is 0 Å². The van der Waals surface area contributed by atoms with Gasteiger partial charge in [-0.3, -0.25) is 0 Å². The van der Waals surface area contributed by atoms with Crippen molar-refractivity contribution >= 4 is 17.1 Å². The number of hydrogen-bond acceptors (Lipinski definition) is 2. The fraction of sp³-hybridized carbons (Fsp3) is 0.667. The fourth-order valence-electron chi connectivity index (χ4n) is 0.342. The predicted octanol–water partition coefficient (Wildman–Crippen LogP) is 1.65. The molecule has 1 nitrogen and oxygen atoms in total. The zero-order valence-corrected chi connectivity index (χ0v) is 4.51. The number of nitrogens with zero attached hydrogens (tertiary/aromatic N) is 1. The van der Waals surface area contributed by atoms with Crippen LogP contribution in [0.4, 0.5) is 13.2 Å². The average molecular weight is 141 g/mol. The van der Waals surface area contributed by atoms with Gasteiger partial charge >= 0.3 is 5.25 Å². The molecule has 0 amide bonds. The molecule has 0 saturated heterocycles. The lowest BCUT2D eigenvalue weighted by atomic mass is 10.7. The van der Waals surface area contributed by atoms with E-state index in [9.17, 15) is 13.2 Å². The summed E-state index contributed by atoms with van der Waals surface area (Å²) in [7, 11) is 0. The van der Waals surface area contributed by atoms with Crippen LogP contribution in [0.2, 0.25) is 0 Å². The molecule has 0 fully saturated rings. The summed E-state index contributed by atoms with van der Waals surface area (Å²) in [5, 5.41) is -4.01. The Morgan fingerprint density at radius 3 is 2.38 bits per heavy atom. The molecule has 0 radical (unpaired) electrons. The number of halogens is 3. The number of aliphatic imine (C=N–C) groups is 1. The SMILES string of the molecule is FC1=NCC(F)(F)S1. The van der Waals surface area contributed by atoms with Gasteiger partial charge in [-0.1, -0.05) is 0 Å². The first kappa shape index (κ1) is 5.94. The normalized spacial score (nSPS) is 25.6. The Bertz CT molecular complexity index is 132. The molecule has 5 heteroatoms. The molecule has 0 spiro atoms. The van der Waals surface area contributed by atoms with Crippen molar-refractivity contribution in [1.29, 1.82) is 0 Å². The first-order valence-corrected chi connectivity index (χ1v) is 2.69. The summed E-state index contributed by atoms with van der Waals surface area (Å²) < 4.78 is 35.3. The minimum absolute atomic E-state index is 0.127. The molecule has 0 aromatic rings. The largest absolute Gasteiger partial charge is 0.320 e. The number of alkyl halides is 2. The summed E-state index contributed by atoms with van der Waals surface area (Å²) in [4.78, 5) is 2.85. The lowest BCUT2D eigenvalue weighted by Crippen LogP contribution is -2.09. The van der Waals surface area contributed by atoms with Crippen LogP contribution in [-0.2, 0) is 0 Å². The standard InChI is InChI=1S/C3H2F3NS/c4-2-7-1-3(5,6)8-2/h1H2. The van der Waals surface area contributed by atoms with Crippen LogP contribution in [0.3, 0.4) is 0 Å². The van der Waals surface area contributed by atoms with E-state index in [0.717, 1.165) is 0 Å². The summed E-state index contributed by atoms with van der Waals surface area (Å²) in [6.07, 6.45) is 0. The van der Waals surface area contributed by atoms with E-state index in [0.29, 0.717) is 0 Å². The molecular formula is C3H2F3NS. The fourth-order valence-corrected chi connectivity index (χ4v) is 0.847. The Labute approximate surface area is 48.0 Å². The maximum absolute atomic E-state index is 11.8. The molecule has 0 aromatic carbocycles. The summed E-state index contributed by atoms with van der Waals surface area (Å²) in [6, 6.07) is 0. The molecule has 0 aliphatic carbocycles. The minimum Gasteiger partial charge on any atom is -0.244 e. The Hall–Kier alpha value is -0.190. The number of hydrogen-bond donors (Lipinski definition) is 0. The molecule has 0 atom stereocenters. The molecule has 1 heterocycles. The van der Waals surface area contributed by atoms with Crippen LogP contribution in [0.15, 0.2) is 4.99 Å². The monoisotopic (exact) mass is 141 g/mol. The van der Waals surface area contributed by atoms with Crippen LogP contribution in [0, 0.1) is 0 Å². The smallest absolute Gasteiger partial charge is 0.244 e. The third-order valence-corrected chi connectivity index (χ3v) is 1.35. The molecule has 0 unspecified atom stereocenters. The van der Waals surface area contributed by atoms with Crippen molar-refractivity contribution in [3.8, 4) is 0 Å². The van der Waals surface area contributed by atoms with E-state index in [1.165, 1.54) is 0 Å². The molecule has 0 N–H and O–H groups in total. The van der Waals surface area contributed by atoms with E-state index in [1.54, 1.807) is 0 Å². The van der Waals surface area contributed by atoms with Gasteiger partial charge < -0.3 is 0 Å². The van der Waals surface area contributed by atoms with E-state index >= 15 is 0 Å². The first-order valence-electron chi connectivity index (χ1n) is 1.87. The Morgan fingerprint density at radius 2 is 2.25 bits per heavy atom. The quantitative estimate of drug-likeness (QED) is 0.499. The van der Waals surface area contributed by atoms with Crippen molar-refractivity contribution in [3.63, 3.8) is 0 Å². The highest BCUT2D eigenvalue weighted by molar-refractivity contribution is 8.14. The zero-order valence-electron chi connectivity index (χ0n) is 3.70. The van der Waals surface area contributed by atoms with Gasteiger partial charge in [0.1, 0.15) is 6.54 Å². The third-order valence-electron chi connectivity index (χ3n) is 0.621. The maximum Gasteiger partial charge on any atom is 0.320 e. The van der Waals surface area contributed by atoms with Gasteiger partial charge in [0.05, 0.1) is 0 Å². The van der Waals surface area contributed by atoms with Gasteiger partial charge in [-0.25, -0.2) is 4.99 Å². The molecule has 1 rings (SSSR count). The Kier molecular flexibility index (Phi) is 1.22. The molecule has 0 saturated carbocycles. The van der Waals surface area contributed by atoms with Crippen LogP contribution in [-0.4, -0.2) is 17.1 Å². The second-order valence-electron chi connectivity index (χ2n) is 1.31. The van der Waals surface area contributed by atoms with Crippen LogP contribution in [0.5, 0.6) is 0 Å². The molecule has 46 valence electrons. The third kappa shape index (κ3) is 1.15. The topological polar surface area (TPSA) is 12.4 Å². The van der Waals surface area contributed by atoms with Crippen molar-refractivity contribution in [2.75, 3.05) is 6.54 Å². The van der Waals surface area contributed by atoms with Gasteiger partial charge in [0.15, 0.2) is 0 Å². The lowest BCUT2D eigenvalue weighted by molar-refractivity contribution is 0.121. The maximum atomic E-state index is 11.8. The summed E-state index contributed by atoms with van der Waals surface area (Å²) in [5.74, 6) is 0. The van der Waals surface area contributed by atoms with Crippen molar-refractivity contribution < 1.29 is 13.2 Å². The van der Waals surface area contributed by atoms with Crippen LogP contribution < -0.4 is 0 Å². The molecule has 8 heavy (non-hydrogen) atoms. The minimum atomic E-state index is -3.00. The van der Waals surface area contributed by atoms with E-state index in [1.807, 2.05) is 0 Å². The summed E-state index contributed by atoms with van der Waals surface area (Å²) >= 11 is -0.127. The van der Waals surface area contributed by atoms with Gasteiger partial charge in [-0.05, 0) is 0 Å². The zero-order chi connectivity index (χ0) is 6.20. The van der Waals surface area contributed by atoms with Crippen LogP contribution in [0.25, 0.3) is 0 Å². The van der Waals surface area contributed by atoms with E-state index in [2.05, 4.69) is 4.99 Å². The van der Waals surface area contributed by atoms with Crippen molar-refractivity contribution in [2.24, 2.45) is 4.99 Å². The van der Waals surface area contributed by atoms with Crippen LogP contribution in [0.1, 0.15) is 0 Å². The predicted molar refractivity (Wildman–Crippen MR) is 25.9 cm³/mol. The van der Waals surface area contributed by atoms with E-state index in [4.69, 9.17) is 0 Å². The summed E-state index contributed by atoms with van der Waals surface area (Å²) in [6.45, 7) is -0.719. The van der Waals surface area contributed by atoms with E-state index in [-0.39, 0.29) is 11.8 Å². The highest BCUT2D eigenvalue weighted by Gasteiger charge is 2.37. The van der Waals surface area contributed by atoms with Gasteiger partial charge in [0, 0.05) is 11.8 Å².